The number of carbonyl (C=O) groups excluding carboxylic acids is 1. The fourth-order valence-electron chi connectivity index (χ4n) is 2.32. The summed E-state index contributed by atoms with van der Waals surface area (Å²) in [6.45, 7) is 2.52. The molecule has 0 saturated carbocycles. The molecular weight excluding hydrogens is 234 g/mol. The zero-order chi connectivity index (χ0) is 13.5. The molecule has 1 fully saturated rings. The average molecular weight is 257 g/mol. The van der Waals surface area contributed by atoms with Crippen LogP contribution >= 0.6 is 0 Å². The van der Waals surface area contributed by atoms with Gasteiger partial charge in [0.15, 0.2) is 0 Å². The topological polar surface area (TPSA) is 66.8 Å². The number of methoxy groups -OCH3 is 1. The third-order valence-corrected chi connectivity index (χ3v) is 3.45. The average Bonchev–Trinajstić information content (AvgIpc) is 2.78. The summed E-state index contributed by atoms with van der Waals surface area (Å²) >= 11 is 0. The van der Waals surface area contributed by atoms with E-state index in [2.05, 4.69) is 6.92 Å². The van der Waals surface area contributed by atoms with Crippen molar-refractivity contribution in [1.29, 1.82) is 0 Å². The molecule has 1 heterocycles. The van der Waals surface area contributed by atoms with E-state index in [1.165, 1.54) is 4.90 Å². The molecule has 18 heavy (non-hydrogen) atoms. The second-order valence-corrected chi connectivity index (χ2v) is 4.80. The summed E-state index contributed by atoms with van der Waals surface area (Å²) in [5.41, 5.74) is 0. The molecule has 1 aliphatic heterocycles. The third kappa shape index (κ3) is 3.98. The van der Waals surface area contributed by atoms with Crippen molar-refractivity contribution in [2.24, 2.45) is 0 Å². The molecule has 0 spiro atoms. The van der Waals surface area contributed by atoms with Gasteiger partial charge in [-0.3, -0.25) is 4.79 Å². The predicted octanol–water partition coefficient (Wildman–Crippen LogP) is 1.66. The molecule has 1 aliphatic rings. The van der Waals surface area contributed by atoms with Crippen molar-refractivity contribution in [2.75, 3.05) is 13.7 Å². The highest BCUT2D eigenvalue weighted by Crippen LogP contribution is 2.21. The van der Waals surface area contributed by atoms with Crippen molar-refractivity contribution >= 4 is 11.9 Å². The zero-order valence-electron chi connectivity index (χ0n) is 11.2. The minimum Gasteiger partial charge on any atom is -0.480 e. The van der Waals surface area contributed by atoms with Crippen LogP contribution in [-0.2, 0) is 14.3 Å². The quantitative estimate of drug-likeness (QED) is 0.704. The second kappa shape index (κ2) is 7.36. The van der Waals surface area contributed by atoms with Gasteiger partial charge < -0.3 is 14.7 Å². The number of carboxylic acid groups (broad SMARTS) is 1. The van der Waals surface area contributed by atoms with Crippen LogP contribution in [0.2, 0.25) is 0 Å². The molecule has 0 aromatic carbocycles. The van der Waals surface area contributed by atoms with E-state index in [0.29, 0.717) is 19.4 Å². The maximum Gasteiger partial charge on any atom is 0.326 e. The van der Waals surface area contributed by atoms with E-state index >= 15 is 0 Å². The minimum absolute atomic E-state index is 0.0574. The van der Waals surface area contributed by atoms with Crippen LogP contribution in [0.25, 0.3) is 0 Å². The summed E-state index contributed by atoms with van der Waals surface area (Å²) in [7, 11) is 1.55. The molecule has 5 heteroatoms. The molecular formula is C13H23NO4. The molecule has 104 valence electrons. The van der Waals surface area contributed by atoms with Gasteiger partial charge in [-0.2, -0.15) is 0 Å². The summed E-state index contributed by atoms with van der Waals surface area (Å²) < 4.78 is 5.16. The first kappa shape index (κ1) is 15.0. The Hall–Kier alpha value is -1.10. The summed E-state index contributed by atoms with van der Waals surface area (Å²) in [4.78, 5) is 24.6. The SMILES string of the molecule is CCCCCCC(=O)N1CC(OC)CC1C(=O)O. The third-order valence-electron chi connectivity index (χ3n) is 3.45. The first-order chi connectivity index (χ1) is 8.60. The van der Waals surface area contributed by atoms with E-state index in [-0.39, 0.29) is 12.0 Å². The molecule has 1 N–H and O–H groups in total. The summed E-state index contributed by atoms with van der Waals surface area (Å²) in [6.07, 6.45) is 4.81. The predicted molar refractivity (Wildman–Crippen MR) is 67.3 cm³/mol. The summed E-state index contributed by atoms with van der Waals surface area (Å²) in [5, 5.41) is 9.11. The minimum atomic E-state index is -0.934. The lowest BCUT2D eigenvalue weighted by molar-refractivity contribution is -0.148. The number of amides is 1. The molecule has 1 saturated heterocycles. The highest BCUT2D eigenvalue weighted by Gasteiger charge is 2.39. The molecule has 5 nitrogen and oxygen atoms in total. The Kier molecular flexibility index (Phi) is 6.12. The number of hydrogen-bond donors (Lipinski definition) is 1. The zero-order valence-corrected chi connectivity index (χ0v) is 11.2. The first-order valence-electron chi connectivity index (χ1n) is 6.65. The van der Waals surface area contributed by atoms with Gasteiger partial charge in [0.2, 0.25) is 5.91 Å². The van der Waals surface area contributed by atoms with Gasteiger partial charge in [-0.1, -0.05) is 26.2 Å². The lowest BCUT2D eigenvalue weighted by Gasteiger charge is -2.21. The van der Waals surface area contributed by atoms with Gasteiger partial charge in [0.05, 0.1) is 6.10 Å². The summed E-state index contributed by atoms with van der Waals surface area (Å²) in [5.74, 6) is -0.991. The second-order valence-electron chi connectivity index (χ2n) is 4.80. The highest BCUT2D eigenvalue weighted by atomic mass is 16.5. The Morgan fingerprint density at radius 3 is 2.61 bits per heavy atom. The molecule has 2 atom stereocenters. The van der Waals surface area contributed by atoms with Gasteiger partial charge >= 0.3 is 5.97 Å². The van der Waals surface area contributed by atoms with Gasteiger partial charge in [0.25, 0.3) is 0 Å². The molecule has 0 bridgehead atoms. The molecule has 0 aromatic rings. The van der Waals surface area contributed by atoms with Crippen LogP contribution in [0.5, 0.6) is 0 Å². The van der Waals surface area contributed by atoms with Crippen molar-refractivity contribution in [3.05, 3.63) is 0 Å². The van der Waals surface area contributed by atoms with E-state index < -0.39 is 12.0 Å². The Labute approximate surface area is 108 Å². The molecule has 0 aromatic heterocycles. The normalized spacial score (nSPS) is 23.3. The van der Waals surface area contributed by atoms with Gasteiger partial charge in [-0.05, 0) is 6.42 Å². The molecule has 1 amide bonds. The Balaban J connectivity index is 2.46. The lowest BCUT2D eigenvalue weighted by Crippen LogP contribution is -2.40. The first-order valence-corrected chi connectivity index (χ1v) is 6.65. The number of hydrogen-bond acceptors (Lipinski definition) is 3. The van der Waals surface area contributed by atoms with Crippen molar-refractivity contribution in [2.45, 2.75) is 57.6 Å². The van der Waals surface area contributed by atoms with Crippen LogP contribution in [-0.4, -0.2) is 47.7 Å². The molecule has 0 radical (unpaired) electrons. The number of carboxylic acids is 1. The van der Waals surface area contributed by atoms with Crippen LogP contribution in [0, 0.1) is 0 Å². The van der Waals surface area contributed by atoms with Crippen LogP contribution in [0.3, 0.4) is 0 Å². The number of carbonyl (C=O) groups is 2. The van der Waals surface area contributed by atoms with Crippen LogP contribution < -0.4 is 0 Å². The van der Waals surface area contributed by atoms with E-state index in [9.17, 15) is 9.59 Å². The largest absolute Gasteiger partial charge is 0.480 e. The van der Waals surface area contributed by atoms with Gasteiger partial charge in [0, 0.05) is 26.5 Å². The monoisotopic (exact) mass is 257 g/mol. The fraction of sp³-hybridized carbons (Fsp3) is 0.846. The van der Waals surface area contributed by atoms with E-state index in [0.717, 1.165) is 25.7 Å². The highest BCUT2D eigenvalue weighted by molar-refractivity contribution is 5.84. The number of likely N-dealkylation sites (tertiary alicyclic amines) is 1. The fourth-order valence-corrected chi connectivity index (χ4v) is 2.32. The van der Waals surface area contributed by atoms with E-state index in [4.69, 9.17) is 9.84 Å². The summed E-state index contributed by atoms with van der Waals surface area (Å²) in [6, 6.07) is -0.714. The Bertz CT molecular complexity index is 293. The van der Waals surface area contributed by atoms with E-state index in [1.807, 2.05) is 0 Å². The Morgan fingerprint density at radius 1 is 1.33 bits per heavy atom. The molecule has 2 unspecified atom stereocenters. The van der Waals surface area contributed by atoms with Crippen LogP contribution in [0.15, 0.2) is 0 Å². The van der Waals surface area contributed by atoms with Crippen LogP contribution in [0.1, 0.15) is 45.4 Å². The maximum absolute atomic E-state index is 12.0. The smallest absolute Gasteiger partial charge is 0.326 e. The number of unbranched alkanes of at least 4 members (excludes halogenated alkanes) is 3. The van der Waals surface area contributed by atoms with E-state index in [1.54, 1.807) is 7.11 Å². The molecule has 0 aliphatic carbocycles. The number of nitrogens with zero attached hydrogens (tertiary/aromatic N) is 1. The Morgan fingerprint density at radius 2 is 2.06 bits per heavy atom. The number of rotatable bonds is 7. The van der Waals surface area contributed by atoms with Crippen molar-refractivity contribution in [3.63, 3.8) is 0 Å². The lowest BCUT2D eigenvalue weighted by atomic mass is 10.1. The number of ether oxygens (including phenoxy) is 1. The van der Waals surface area contributed by atoms with Gasteiger partial charge in [-0.15, -0.1) is 0 Å². The van der Waals surface area contributed by atoms with Gasteiger partial charge in [0.1, 0.15) is 6.04 Å². The van der Waals surface area contributed by atoms with Crippen molar-refractivity contribution in [1.82, 2.24) is 4.90 Å². The number of aliphatic carboxylic acids is 1. The molecule has 1 rings (SSSR count). The van der Waals surface area contributed by atoms with Crippen molar-refractivity contribution < 1.29 is 19.4 Å². The standard InChI is InChI=1S/C13H23NO4/c1-3-4-5-6-7-12(15)14-9-10(18-2)8-11(14)13(16)17/h10-11H,3-9H2,1-2H3,(H,16,17). The van der Waals surface area contributed by atoms with Crippen molar-refractivity contribution in [3.8, 4) is 0 Å². The van der Waals surface area contributed by atoms with Crippen LogP contribution in [0.4, 0.5) is 0 Å². The van der Waals surface area contributed by atoms with Gasteiger partial charge in [-0.25, -0.2) is 4.79 Å². The maximum atomic E-state index is 12.0.